The van der Waals surface area contributed by atoms with E-state index in [1.54, 1.807) is 0 Å². The second-order valence-electron chi connectivity index (χ2n) is 5.20. The van der Waals surface area contributed by atoms with E-state index in [1.807, 2.05) is 0 Å². The normalized spacial score (nSPS) is 23.8. The van der Waals surface area contributed by atoms with Crippen LogP contribution in [0.4, 0.5) is 5.69 Å². The number of hydrogen-bond donors (Lipinski definition) is 1. The highest BCUT2D eigenvalue weighted by Crippen LogP contribution is 2.28. The van der Waals surface area contributed by atoms with Crippen LogP contribution in [-0.2, 0) is 12.8 Å². The van der Waals surface area contributed by atoms with Crippen LogP contribution in [0.25, 0.3) is 0 Å². The van der Waals surface area contributed by atoms with Crippen molar-refractivity contribution in [2.75, 3.05) is 31.6 Å². The van der Waals surface area contributed by atoms with Crippen molar-refractivity contribution in [2.45, 2.75) is 19.3 Å². The molecule has 0 aromatic heterocycles. The van der Waals surface area contributed by atoms with Gasteiger partial charge in [0.25, 0.3) is 0 Å². The Bertz CT molecular complexity index is 380. The maximum absolute atomic E-state index is 3.44. The standard InChI is InChI=1S/C14H20N2/c1-16-7-5-13-3-2-11(9-14(13)16)8-12-4-6-15-10-12/h2-3,9,12,15H,4-8,10H2,1H3. The first-order chi connectivity index (χ1) is 7.83. The molecule has 2 heterocycles. The molecule has 2 aliphatic rings. The molecule has 1 fully saturated rings. The Morgan fingerprint density at radius 1 is 1.44 bits per heavy atom. The summed E-state index contributed by atoms with van der Waals surface area (Å²) in [6.45, 7) is 3.59. The third-order valence-corrected chi connectivity index (χ3v) is 3.96. The molecule has 2 aliphatic heterocycles. The zero-order valence-electron chi connectivity index (χ0n) is 10.00. The monoisotopic (exact) mass is 216 g/mol. The van der Waals surface area contributed by atoms with Crippen LogP contribution in [-0.4, -0.2) is 26.7 Å². The molecule has 1 aromatic rings. The van der Waals surface area contributed by atoms with Gasteiger partial charge in [-0.3, -0.25) is 0 Å². The van der Waals surface area contributed by atoms with E-state index >= 15 is 0 Å². The molecule has 2 heteroatoms. The molecule has 0 radical (unpaired) electrons. The Hall–Kier alpha value is -1.02. The van der Waals surface area contributed by atoms with E-state index in [-0.39, 0.29) is 0 Å². The highest BCUT2D eigenvalue weighted by atomic mass is 15.1. The summed E-state index contributed by atoms with van der Waals surface area (Å²) in [4.78, 5) is 2.38. The van der Waals surface area contributed by atoms with Crippen molar-refractivity contribution in [1.82, 2.24) is 5.32 Å². The Morgan fingerprint density at radius 3 is 3.19 bits per heavy atom. The summed E-state index contributed by atoms with van der Waals surface area (Å²) in [5.41, 5.74) is 4.50. The largest absolute Gasteiger partial charge is 0.374 e. The first-order valence-electron chi connectivity index (χ1n) is 6.36. The van der Waals surface area contributed by atoms with Crippen LogP contribution in [0.5, 0.6) is 0 Å². The lowest BCUT2D eigenvalue weighted by molar-refractivity contribution is 0.580. The Morgan fingerprint density at radius 2 is 2.38 bits per heavy atom. The number of rotatable bonds is 2. The van der Waals surface area contributed by atoms with E-state index in [4.69, 9.17) is 0 Å². The molecule has 2 nitrogen and oxygen atoms in total. The van der Waals surface area contributed by atoms with Crippen molar-refractivity contribution < 1.29 is 0 Å². The Balaban J connectivity index is 1.78. The van der Waals surface area contributed by atoms with Gasteiger partial charge in [0, 0.05) is 19.3 Å². The number of likely N-dealkylation sites (N-methyl/N-ethyl adjacent to an activating group) is 1. The first kappa shape index (κ1) is 10.2. The van der Waals surface area contributed by atoms with Crippen molar-refractivity contribution in [1.29, 1.82) is 0 Å². The lowest BCUT2D eigenvalue weighted by atomic mass is 9.97. The average Bonchev–Trinajstić information content (AvgIpc) is 2.90. The predicted molar refractivity (Wildman–Crippen MR) is 68.1 cm³/mol. The van der Waals surface area contributed by atoms with Crippen LogP contribution in [0.1, 0.15) is 17.5 Å². The van der Waals surface area contributed by atoms with Gasteiger partial charge in [0.2, 0.25) is 0 Å². The summed E-state index contributed by atoms with van der Waals surface area (Å²) in [6.07, 6.45) is 3.80. The molecule has 1 saturated heterocycles. The van der Waals surface area contributed by atoms with Crippen LogP contribution in [0, 0.1) is 5.92 Å². The lowest BCUT2D eigenvalue weighted by Gasteiger charge is -2.14. The van der Waals surface area contributed by atoms with Gasteiger partial charge in [-0.25, -0.2) is 0 Å². The third-order valence-electron chi connectivity index (χ3n) is 3.96. The molecule has 3 rings (SSSR count). The first-order valence-corrected chi connectivity index (χ1v) is 6.36. The summed E-state index contributed by atoms with van der Waals surface area (Å²) in [5.74, 6) is 0.852. The van der Waals surface area contributed by atoms with Crippen molar-refractivity contribution in [3.8, 4) is 0 Å². The number of benzene rings is 1. The quantitative estimate of drug-likeness (QED) is 0.811. The van der Waals surface area contributed by atoms with Gasteiger partial charge in [-0.1, -0.05) is 12.1 Å². The molecule has 0 saturated carbocycles. The van der Waals surface area contributed by atoms with Gasteiger partial charge in [-0.05, 0) is 55.5 Å². The molecule has 16 heavy (non-hydrogen) atoms. The maximum atomic E-state index is 3.44. The van der Waals surface area contributed by atoms with E-state index in [2.05, 4.69) is 35.5 Å². The van der Waals surface area contributed by atoms with Crippen LogP contribution in [0.15, 0.2) is 18.2 Å². The van der Waals surface area contributed by atoms with Crippen LogP contribution in [0.3, 0.4) is 0 Å². The molecular weight excluding hydrogens is 196 g/mol. The number of hydrogen-bond acceptors (Lipinski definition) is 2. The minimum absolute atomic E-state index is 0.852. The van der Waals surface area contributed by atoms with Gasteiger partial charge in [0.15, 0.2) is 0 Å². The van der Waals surface area contributed by atoms with E-state index < -0.39 is 0 Å². The molecule has 0 amide bonds. The van der Waals surface area contributed by atoms with Gasteiger partial charge < -0.3 is 10.2 Å². The molecule has 1 atom stereocenters. The Kier molecular flexibility index (Phi) is 2.60. The number of nitrogens with one attached hydrogen (secondary N) is 1. The summed E-state index contributed by atoms with van der Waals surface area (Å²) in [6, 6.07) is 7.06. The highest BCUT2D eigenvalue weighted by molar-refractivity contribution is 5.58. The zero-order valence-corrected chi connectivity index (χ0v) is 10.00. The predicted octanol–water partition coefficient (Wildman–Crippen LogP) is 1.83. The molecule has 1 aromatic carbocycles. The van der Waals surface area contributed by atoms with Crippen LogP contribution >= 0.6 is 0 Å². The van der Waals surface area contributed by atoms with Gasteiger partial charge in [-0.15, -0.1) is 0 Å². The second-order valence-corrected chi connectivity index (χ2v) is 5.20. The minimum atomic E-state index is 0.852. The second kappa shape index (κ2) is 4.10. The zero-order chi connectivity index (χ0) is 11.0. The summed E-state index contributed by atoms with van der Waals surface area (Å²) in [5, 5.41) is 3.44. The summed E-state index contributed by atoms with van der Waals surface area (Å²) >= 11 is 0. The van der Waals surface area contributed by atoms with Gasteiger partial charge >= 0.3 is 0 Å². The van der Waals surface area contributed by atoms with E-state index in [0.29, 0.717) is 0 Å². The molecule has 1 unspecified atom stereocenters. The van der Waals surface area contributed by atoms with Crippen LogP contribution in [0.2, 0.25) is 0 Å². The molecule has 0 spiro atoms. The number of anilines is 1. The van der Waals surface area contributed by atoms with E-state index in [0.717, 1.165) is 5.92 Å². The smallest absolute Gasteiger partial charge is 0.0399 e. The number of nitrogens with zero attached hydrogens (tertiary/aromatic N) is 1. The maximum Gasteiger partial charge on any atom is 0.0399 e. The highest BCUT2D eigenvalue weighted by Gasteiger charge is 2.18. The fraction of sp³-hybridized carbons (Fsp3) is 0.571. The molecular formula is C14H20N2. The average molecular weight is 216 g/mol. The fourth-order valence-corrected chi connectivity index (χ4v) is 2.93. The van der Waals surface area contributed by atoms with Crippen molar-refractivity contribution in [2.24, 2.45) is 5.92 Å². The number of fused-ring (bicyclic) bond motifs is 1. The molecule has 0 bridgehead atoms. The van der Waals surface area contributed by atoms with E-state index in [9.17, 15) is 0 Å². The van der Waals surface area contributed by atoms with Crippen LogP contribution < -0.4 is 10.2 Å². The SMILES string of the molecule is CN1CCc2ccc(CC3CCNC3)cc21. The summed E-state index contributed by atoms with van der Waals surface area (Å²) in [7, 11) is 2.20. The Labute approximate surface area is 97.6 Å². The van der Waals surface area contributed by atoms with Gasteiger partial charge in [0.05, 0.1) is 0 Å². The van der Waals surface area contributed by atoms with Gasteiger partial charge in [0.1, 0.15) is 0 Å². The molecule has 0 aliphatic carbocycles. The minimum Gasteiger partial charge on any atom is -0.374 e. The topological polar surface area (TPSA) is 15.3 Å². The van der Waals surface area contributed by atoms with E-state index in [1.165, 1.54) is 55.7 Å². The summed E-state index contributed by atoms with van der Waals surface area (Å²) < 4.78 is 0. The lowest BCUT2D eigenvalue weighted by Crippen LogP contribution is -2.13. The molecule has 1 N–H and O–H groups in total. The van der Waals surface area contributed by atoms with Crippen molar-refractivity contribution >= 4 is 5.69 Å². The van der Waals surface area contributed by atoms with Gasteiger partial charge in [-0.2, -0.15) is 0 Å². The van der Waals surface area contributed by atoms with Crippen molar-refractivity contribution in [3.05, 3.63) is 29.3 Å². The fourth-order valence-electron chi connectivity index (χ4n) is 2.93. The molecule has 86 valence electrons. The third kappa shape index (κ3) is 1.82. The van der Waals surface area contributed by atoms with Crippen molar-refractivity contribution in [3.63, 3.8) is 0 Å².